The number of esters is 3. The van der Waals surface area contributed by atoms with Crippen LogP contribution in [0, 0.1) is 0 Å². The number of hydrogen-bond donors (Lipinski definition) is 0. The molecule has 1 aliphatic rings. The lowest BCUT2D eigenvalue weighted by atomic mass is 10.1. The van der Waals surface area contributed by atoms with Crippen molar-refractivity contribution in [2.24, 2.45) is 0 Å². The predicted molar refractivity (Wildman–Crippen MR) is 109 cm³/mol. The summed E-state index contributed by atoms with van der Waals surface area (Å²) >= 11 is 1.27. The number of thioether (sulfide) groups is 1. The van der Waals surface area contributed by atoms with Crippen molar-refractivity contribution in [1.82, 2.24) is 15.0 Å². The summed E-state index contributed by atoms with van der Waals surface area (Å²) < 4.78 is 22.3. The SMILES string of the molecule is CC(=O)O[C@H]1[C@H](OC(C)=O)CSC(Oc2cccnc2-c2cncnc2)[C@@H]1OC(C)=O. The van der Waals surface area contributed by atoms with E-state index in [1.165, 1.54) is 38.9 Å². The van der Waals surface area contributed by atoms with Crippen LogP contribution in [0.2, 0.25) is 0 Å². The minimum absolute atomic E-state index is 0.268. The lowest BCUT2D eigenvalue weighted by molar-refractivity contribution is -0.186. The molecule has 0 spiro atoms. The minimum atomic E-state index is -1.03. The molecule has 0 N–H and O–H groups in total. The van der Waals surface area contributed by atoms with Gasteiger partial charge in [-0.05, 0) is 12.1 Å². The minimum Gasteiger partial charge on any atom is -0.473 e. The molecule has 0 saturated carbocycles. The van der Waals surface area contributed by atoms with Crippen LogP contribution in [0.25, 0.3) is 11.3 Å². The monoisotopic (exact) mass is 447 g/mol. The smallest absolute Gasteiger partial charge is 0.303 e. The first-order valence-electron chi connectivity index (χ1n) is 9.35. The molecule has 31 heavy (non-hydrogen) atoms. The Hall–Kier alpha value is -3.21. The summed E-state index contributed by atoms with van der Waals surface area (Å²) in [6.45, 7) is 3.71. The third-order valence-electron chi connectivity index (χ3n) is 4.15. The molecule has 0 aromatic carbocycles. The van der Waals surface area contributed by atoms with Gasteiger partial charge in [-0.25, -0.2) is 9.97 Å². The van der Waals surface area contributed by atoms with Gasteiger partial charge in [-0.15, -0.1) is 11.8 Å². The maximum atomic E-state index is 11.8. The number of ether oxygens (including phenoxy) is 4. The van der Waals surface area contributed by atoms with Crippen molar-refractivity contribution in [3.05, 3.63) is 37.1 Å². The van der Waals surface area contributed by atoms with Gasteiger partial charge in [-0.2, -0.15) is 0 Å². The summed E-state index contributed by atoms with van der Waals surface area (Å²) in [4.78, 5) is 47.4. The zero-order valence-electron chi connectivity index (χ0n) is 17.1. The highest BCUT2D eigenvalue weighted by Crippen LogP contribution is 2.36. The van der Waals surface area contributed by atoms with Crippen LogP contribution in [-0.2, 0) is 28.6 Å². The van der Waals surface area contributed by atoms with E-state index in [1.54, 1.807) is 30.7 Å². The molecule has 2 aromatic heterocycles. The molecule has 3 rings (SSSR count). The van der Waals surface area contributed by atoms with Gasteiger partial charge in [0.1, 0.15) is 17.8 Å². The average Bonchev–Trinajstić information content (AvgIpc) is 2.72. The van der Waals surface area contributed by atoms with Crippen LogP contribution in [-0.4, -0.2) is 62.4 Å². The molecule has 10 nitrogen and oxygen atoms in total. The largest absolute Gasteiger partial charge is 0.473 e. The fourth-order valence-electron chi connectivity index (χ4n) is 3.06. The summed E-state index contributed by atoms with van der Waals surface area (Å²) in [5.74, 6) is -1.07. The highest BCUT2D eigenvalue weighted by Gasteiger charge is 2.47. The number of carbonyl (C=O) groups is 3. The summed E-state index contributed by atoms with van der Waals surface area (Å²) in [5, 5.41) is 0. The van der Waals surface area contributed by atoms with E-state index in [1.807, 2.05) is 0 Å². The van der Waals surface area contributed by atoms with Gasteiger partial charge in [-0.3, -0.25) is 19.4 Å². The van der Waals surface area contributed by atoms with Crippen LogP contribution in [0.1, 0.15) is 20.8 Å². The van der Waals surface area contributed by atoms with Crippen LogP contribution in [0.3, 0.4) is 0 Å². The van der Waals surface area contributed by atoms with Crippen molar-refractivity contribution in [2.75, 3.05) is 5.75 Å². The first kappa shape index (κ1) is 22.5. The number of aromatic nitrogens is 3. The number of carbonyl (C=O) groups excluding carboxylic acids is 3. The fourth-order valence-corrected chi connectivity index (χ4v) is 4.27. The second kappa shape index (κ2) is 10.2. The molecule has 0 bridgehead atoms. The van der Waals surface area contributed by atoms with E-state index < -0.39 is 41.7 Å². The van der Waals surface area contributed by atoms with Crippen molar-refractivity contribution in [3.8, 4) is 17.0 Å². The zero-order chi connectivity index (χ0) is 22.4. The van der Waals surface area contributed by atoms with E-state index in [0.29, 0.717) is 17.0 Å². The molecule has 11 heteroatoms. The Labute approximate surface area is 182 Å². The fraction of sp³-hybridized carbons (Fsp3) is 0.400. The Morgan fingerprint density at radius 1 is 0.968 bits per heavy atom. The molecule has 1 unspecified atom stereocenters. The van der Waals surface area contributed by atoms with E-state index in [-0.39, 0.29) is 5.75 Å². The van der Waals surface area contributed by atoms with Gasteiger partial charge in [0.25, 0.3) is 0 Å². The maximum Gasteiger partial charge on any atom is 0.303 e. The van der Waals surface area contributed by atoms with Crippen molar-refractivity contribution in [3.63, 3.8) is 0 Å². The quantitative estimate of drug-likeness (QED) is 0.475. The molecule has 0 amide bonds. The molecule has 1 aliphatic heterocycles. The number of pyridine rings is 1. The van der Waals surface area contributed by atoms with Gasteiger partial charge in [0.05, 0.1) is 0 Å². The van der Waals surface area contributed by atoms with Crippen molar-refractivity contribution in [1.29, 1.82) is 0 Å². The van der Waals surface area contributed by atoms with Crippen molar-refractivity contribution < 1.29 is 33.3 Å². The Bertz CT molecular complexity index is 943. The topological polar surface area (TPSA) is 127 Å². The molecule has 1 fully saturated rings. The third-order valence-corrected chi connectivity index (χ3v) is 5.37. The Kier molecular flexibility index (Phi) is 7.40. The van der Waals surface area contributed by atoms with E-state index in [4.69, 9.17) is 18.9 Å². The van der Waals surface area contributed by atoms with Crippen LogP contribution < -0.4 is 4.74 Å². The van der Waals surface area contributed by atoms with E-state index in [9.17, 15) is 14.4 Å². The molecule has 1 saturated heterocycles. The van der Waals surface area contributed by atoms with Crippen LogP contribution in [0.5, 0.6) is 5.75 Å². The van der Waals surface area contributed by atoms with Gasteiger partial charge in [-0.1, -0.05) is 0 Å². The first-order valence-corrected chi connectivity index (χ1v) is 10.4. The summed E-state index contributed by atoms with van der Waals surface area (Å²) in [6, 6.07) is 3.40. The maximum absolute atomic E-state index is 11.8. The molecule has 164 valence electrons. The highest BCUT2D eigenvalue weighted by atomic mass is 32.2. The molecular weight excluding hydrogens is 426 g/mol. The Balaban J connectivity index is 1.92. The van der Waals surface area contributed by atoms with Gasteiger partial charge in [0.15, 0.2) is 23.7 Å². The van der Waals surface area contributed by atoms with Crippen LogP contribution in [0.4, 0.5) is 0 Å². The lowest BCUT2D eigenvalue weighted by Gasteiger charge is -2.40. The number of rotatable bonds is 6. The second-order valence-corrected chi connectivity index (χ2v) is 7.72. The van der Waals surface area contributed by atoms with Crippen molar-refractivity contribution in [2.45, 2.75) is 44.5 Å². The van der Waals surface area contributed by atoms with Crippen molar-refractivity contribution >= 4 is 29.7 Å². The number of hydrogen-bond acceptors (Lipinski definition) is 11. The van der Waals surface area contributed by atoms with Gasteiger partial charge in [0, 0.05) is 50.7 Å². The summed E-state index contributed by atoms with van der Waals surface area (Å²) in [7, 11) is 0. The number of nitrogens with zero attached hydrogens (tertiary/aromatic N) is 3. The summed E-state index contributed by atoms with van der Waals surface area (Å²) in [5.41, 5.74) is 0.376. The molecule has 3 heterocycles. The van der Waals surface area contributed by atoms with Crippen LogP contribution >= 0.6 is 11.8 Å². The van der Waals surface area contributed by atoms with E-state index in [2.05, 4.69) is 15.0 Å². The van der Waals surface area contributed by atoms with Crippen LogP contribution in [0.15, 0.2) is 37.1 Å². The normalized spacial score (nSPS) is 22.8. The van der Waals surface area contributed by atoms with Gasteiger partial charge >= 0.3 is 17.9 Å². The van der Waals surface area contributed by atoms with E-state index in [0.717, 1.165) is 0 Å². The average molecular weight is 447 g/mol. The zero-order valence-corrected chi connectivity index (χ0v) is 17.9. The van der Waals surface area contributed by atoms with E-state index >= 15 is 0 Å². The Morgan fingerprint density at radius 3 is 2.26 bits per heavy atom. The lowest BCUT2D eigenvalue weighted by Crippen LogP contribution is -2.55. The third kappa shape index (κ3) is 5.91. The molecule has 4 atom stereocenters. The molecule has 2 aromatic rings. The van der Waals surface area contributed by atoms with Gasteiger partial charge in [0.2, 0.25) is 0 Å². The first-order chi connectivity index (χ1) is 14.8. The molecular formula is C20H21N3O7S. The summed E-state index contributed by atoms with van der Waals surface area (Å²) in [6.07, 6.45) is 3.34. The second-order valence-electron chi connectivity index (χ2n) is 6.59. The molecule has 0 aliphatic carbocycles. The Morgan fingerprint density at radius 2 is 1.61 bits per heavy atom. The highest BCUT2D eigenvalue weighted by molar-refractivity contribution is 7.99. The standard InChI is InChI=1S/C20H21N3O7S/c1-11(24)27-16-9-31-20(19(29-13(3)26)18(16)28-12(2)25)30-15-5-4-6-23-17(15)14-7-21-10-22-8-14/h4-8,10,16,18-20H,9H2,1-3H3/t16-,18+,19-,20?/m1/s1. The predicted octanol–water partition coefficient (Wildman–Crippen LogP) is 1.79. The van der Waals surface area contributed by atoms with Gasteiger partial charge < -0.3 is 18.9 Å². The molecule has 0 radical (unpaired) electrons.